The van der Waals surface area contributed by atoms with E-state index in [0.717, 1.165) is 39.8 Å². The minimum absolute atomic E-state index is 0.150. The van der Waals surface area contributed by atoms with Crippen LogP contribution in [0.3, 0.4) is 0 Å². The number of benzene rings is 2. The minimum atomic E-state index is -0.630. The second-order valence-electron chi connectivity index (χ2n) is 7.53. The highest BCUT2D eigenvalue weighted by molar-refractivity contribution is 9.10. The quantitative estimate of drug-likeness (QED) is 0.457. The highest BCUT2D eigenvalue weighted by atomic mass is 79.9. The summed E-state index contributed by atoms with van der Waals surface area (Å²) in [6.07, 6.45) is 1.46. The lowest BCUT2D eigenvalue weighted by atomic mass is 9.94. The SMILES string of the molecule is CCOC(=O)c1sc(NC(=O)C2(c3ccc4c(c3)OCO4)CC2)nc1-c1ccc(Br)cc1. The number of fused-ring (bicyclic) bond motifs is 1. The lowest BCUT2D eigenvalue weighted by molar-refractivity contribution is -0.118. The summed E-state index contributed by atoms with van der Waals surface area (Å²) >= 11 is 4.53. The average Bonchev–Trinajstić information content (AvgIpc) is 3.28. The molecule has 7 nitrogen and oxygen atoms in total. The Hall–Kier alpha value is -2.91. The Morgan fingerprint density at radius 2 is 1.91 bits per heavy atom. The topological polar surface area (TPSA) is 86.8 Å². The number of thiazole rings is 1. The Bertz CT molecular complexity index is 1200. The van der Waals surface area contributed by atoms with Crippen LogP contribution in [0.2, 0.25) is 0 Å². The first kappa shape index (κ1) is 21.0. The highest BCUT2D eigenvalue weighted by Crippen LogP contribution is 2.51. The number of carbonyl (C=O) groups is 2. The Morgan fingerprint density at radius 3 is 2.62 bits per heavy atom. The number of aromatic nitrogens is 1. The van der Waals surface area contributed by atoms with Gasteiger partial charge in [0.2, 0.25) is 12.7 Å². The van der Waals surface area contributed by atoms with E-state index in [-0.39, 0.29) is 19.3 Å². The van der Waals surface area contributed by atoms with Crippen molar-refractivity contribution >= 4 is 44.3 Å². The first-order chi connectivity index (χ1) is 15.5. The van der Waals surface area contributed by atoms with Crippen molar-refractivity contribution in [1.82, 2.24) is 4.98 Å². The molecule has 0 atom stereocenters. The third kappa shape index (κ3) is 3.75. The van der Waals surface area contributed by atoms with Crippen molar-refractivity contribution in [3.63, 3.8) is 0 Å². The summed E-state index contributed by atoms with van der Waals surface area (Å²) < 4.78 is 17.0. The molecule has 9 heteroatoms. The lowest BCUT2D eigenvalue weighted by Crippen LogP contribution is -2.27. The number of anilines is 1. The molecule has 1 aromatic heterocycles. The van der Waals surface area contributed by atoms with Crippen LogP contribution >= 0.6 is 27.3 Å². The Kier molecular flexibility index (Phi) is 5.38. The van der Waals surface area contributed by atoms with E-state index in [4.69, 9.17) is 14.2 Å². The second kappa shape index (κ2) is 8.22. The number of ether oxygens (including phenoxy) is 3. The molecule has 1 amide bonds. The van der Waals surface area contributed by atoms with Gasteiger partial charge in [0, 0.05) is 10.0 Å². The lowest BCUT2D eigenvalue weighted by Gasteiger charge is -2.15. The molecule has 1 aliphatic heterocycles. The van der Waals surface area contributed by atoms with E-state index < -0.39 is 11.4 Å². The zero-order valence-electron chi connectivity index (χ0n) is 17.1. The van der Waals surface area contributed by atoms with E-state index in [1.165, 1.54) is 0 Å². The average molecular weight is 515 g/mol. The van der Waals surface area contributed by atoms with Gasteiger partial charge in [0.25, 0.3) is 0 Å². The van der Waals surface area contributed by atoms with Gasteiger partial charge in [0.05, 0.1) is 17.7 Å². The zero-order valence-corrected chi connectivity index (χ0v) is 19.5. The zero-order chi connectivity index (χ0) is 22.3. The maximum absolute atomic E-state index is 13.3. The van der Waals surface area contributed by atoms with Crippen molar-refractivity contribution in [2.75, 3.05) is 18.7 Å². The van der Waals surface area contributed by atoms with Crippen LogP contribution in [-0.4, -0.2) is 30.3 Å². The second-order valence-corrected chi connectivity index (χ2v) is 9.44. The van der Waals surface area contributed by atoms with Crippen LogP contribution in [0.15, 0.2) is 46.9 Å². The molecular weight excluding hydrogens is 496 g/mol. The molecule has 164 valence electrons. The number of nitrogens with one attached hydrogen (secondary N) is 1. The van der Waals surface area contributed by atoms with E-state index in [1.807, 2.05) is 42.5 Å². The smallest absolute Gasteiger partial charge is 0.350 e. The van der Waals surface area contributed by atoms with Crippen LogP contribution in [-0.2, 0) is 14.9 Å². The largest absolute Gasteiger partial charge is 0.462 e. The van der Waals surface area contributed by atoms with Gasteiger partial charge in [-0.15, -0.1) is 0 Å². The van der Waals surface area contributed by atoms with Crippen LogP contribution in [0.5, 0.6) is 11.5 Å². The normalized spacial score (nSPS) is 15.3. The fourth-order valence-corrected chi connectivity index (χ4v) is 4.84. The van der Waals surface area contributed by atoms with E-state index in [9.17, 15) is 9.59 Å². The number of rotatable bonds is 6. The predicted octanol–water partition coefficient (Wildman–Crippen LogP) is 5.15. The summed E-state index contributed by atoms with van der Waals surface area (Å²) in [5.41, 5.74) is 1.51. The number of halogens is 1. The molecule has 2 aliphatic rings. The van der Waals surface area contributed by atoms with Crippen molar-refractivity contribution in [3.8, 4) is 22.8 Å². The Labute approximate surface area is 196 Å². The molecule has 1 saturated carbocycles. The number of hydrogen-bond donors (Lipinski definition) is 1. The molecule has 1 aliphatic carbocycles. The highest BCUT2D eigenvalue weighted by Gasteiger charge is 2.52. The summed E-state index contributed by atoms with van der Waals surface area (Å²) in [6, 6.07) is 13.1. The molecule has 0 saturated heterocycles. The summed E-state index contributed by atoms with van der Waals surface area (Å²) in [5, 5.41) is 3.29. The van der Waals surface area contributed by atoms with Gasteiger partial charge in [0.15, 0.2) is 16.6 Å². The number of carbonyl (C=O) groups excluding carboxylic acids is 2. The molecule has 0 unspecified atom stereocenters. The fourth-order valence-electron chi connectivity index (χ4n) is 3.69. The van der Waals surface area contributed by atoms with Crippen molar-refractivity contribution in [3.05, 3.63) is 57.4 Å². The van der Waals surface area contributed by atoms with Crippen molar-refractivity contribution in [2.45, 2.75) is 25.2 Å². The van der Waals surface area contributed by atoms with Crippen molar-refractivity contribution in [2.24, 2.45) is 0 Å². The van der Waals surface area contributed by atoms with E-state index >= 15 is 0 Å². The Morgan fingerprint density at radius 1 is 1.16 bits per heavy atom. The molecule has 0 bridgehead atoms. The number of amides is 1. The Balaban J connectivity index is 1.43. The number of nitrogens with zero attached hydrogens (tertiary/aromatic N) is 1. The van der Waals surface area contributed by atoms with E-state index in [2.05, 4.69) is 26.2 Å². The van der Waals surface area contributed by atoms with Crippen LogP contribution in [0.4, 0.5) is 5.13 Å². The molecule has 2 aromatic carbocycles. The molecule has 3 aromatic rings. The molecule has 0 radical (unpaired) electrons. The van der Waals surface area contributed by atoms with Gasteiger partial charge < -0.3 is 19.5 Å². The predicted molar refractivity (Wildman–Crippen MR) is 123 cm³/mol. The first-order valence-electron chi connectivity index (χ1n) is 10.2. The molecule has 32 heavy (non-hydrogen) atoms. The van der Waals surface area contributed by atoms with Gasteiger partial charge >= 0.3 is 5.97 Å². The summed E-state index contributed by atoms with van der Waals surface area (Å²) in [4.78, 5) is 30.7. The first-order valence-corrected chi connectivity index (χ1v) is 11.8. The van der Waals surface area contributed by atoms with Gasteiger partial charge in [-0.25, -0.2) is 9.78 Å². The third-order valence-electron chi connectivity index (χ3n) is 5.54. The summed E-state index contributed by atoms with van der Waals surface area (Å²) in [6.45, 7) is 2.20. The van der Waals surface area contributed by atoms with Crippen LogP contribution < -0.4 is 14.8 Å². The molecule has 1 fully saturated rings. The van der Waals surface area contributed by atoms with Crippen LogP contribution in [0, 0.1) is 0 Å². The number of hydrogen-bond acceptors (Lipinski definition) is 7. The molecule has 5 rings (SSSR count). The maximum atomic E-state index is 13.3. The van der Waals surface area contributed by atoms with Gasteiger partial charge in [-0.1, -0.05) is 45.5 Å². The summed E-state index contributed by atoms with van der Waals surface area (Å²) in [7, 11) is 0. The number of esters is 1. The maximum Gasteiger partial charge on any atom is 0.350 e. The van der Waals surface area contributed by atoms with E-state index in [1.54, 1.807) is 6.92 Å². The van der Waals surface area contributed by atoms with Crippen molar-refractivity contribution < 1.29 is 23.8 Å². The third-order valence-corrected chi connectivity index (χ3v) is 7.02. The molecule has 2 heterocycles. The minimum Gasteiger partial charge on any atom is -0.462 e. The van der Waals surface area contributed by atoms with Crippen molar-refractivity contribution in [1.29, 1.82) is 0 Å². The van der Waals surface area contributed by atoms with E-state index in [0.29, 0.717) is 27.2 Å². The molecule has 1 N–H and O–H groups in total. The van der Waals surface area contributed by atoms with Gasteiger partial charge in [0.1, 0.15) is 4.88 Å². The van der Waals surface area contributed by atoms with Crippen LogP contribution in [0.1, 0.15) is 35.0 Å². The molecule has 0 spiro atoms. The molecular formula is C23H19BrN2O5S. The van der Waals surface area contributed by atoms with Gasteiger partial charge in [-0.2, -0.15) is 0 Å². The monoisotopic (exact) mass is 514 g/mol. The summed E-state index contributed by atoms with van der Waals surface area (Å²) in [5.74, 6) is 0.726. The van der Waals surface area contributed by atoms with Gasteiger partial charge in [-0.3, -0.25) is 4.79 Å². The standard InChI is InChI=1S/C23H19BrN2O5S/c1-2-29-20(27)19-18(13-3-6-15(24)7-4-13)25-22(32-19)26-21(28)23(9-10-23)14-5-8-16-17(11-14)31-12-30-16/h3-8,11H,2,9-10,12H2,1H3,(H,25,26,28). The fraction of sp³-hybridized carbons (Fsp3) is 0.261. The van der Waals surface area contributed by atoms with Gasteiger partial charge in [-0.05, 0) is 49.6 Å². The van der Waals surface area contributed by atoms with Crippen LogP contribution in [0.25, 0.3) is 11.3 Å².